The van der Waals surface area contributed by atoms with E-state index in [-0.39, 0.29) is 0 Å². The third kappa shape index (κ3) is 5.15. The van der Waals surface area contributed by atoms with Crippen molar-refractivity contribution >= 4 is 10.8 Å². The molecule has 1 fully saturated rings. The summed E-state index contributed by atoms with van der Waals surface area (Å²) in [5, 5.41) is 2.70. The number of aryl methyl sites for hydroxylation is 1. The number of hydrogen-bond donors (Lipinski definition) is 0. The van der Waals surface area contributed by atoms with Gasteiger partial charge in [0.1, 0.15) is 0 Å². The topological polar surface area (TPSA) is 0 Å². The average Bonchev–Trinajstić information content (AvgIpc) is 2.80. The van der Waals surface area contributed by atoms with Crippen LogP contribution in [0.3, 0.4) is 0 Å². The van der Waals surface area contributed by atoms with Gasteiger partial charge in [-0.2, -0.15) is 0 Å². The standard InChI is InChI=1S/C30H38/c1-3-5-6-8-23-9-12-25(13-10-23)26-15-17-27(18-16-26)29-20-19-28-21-24(7-4-2)11-14-30(28)22-29/h11,14-23,25H,3-10,12-13H2,1-2H3. The molecule has 0 spiro atoms. The van der Waals surface area contributed by atoms with E-state index >= 15 is 0 Å². The van der Waals surface area contributed by atoms with Crippen LogP contribution in [0.25, 0.3) is 21.9 Å². The molecule has 0 radical (unpaired) electrons. The highest BCUT2D eigenvalue weighted by molar-refractivity contribution is 5.87. The zero-order chi connectivity index (χ0) is 20.8. The van der Waals surface area contributed by atoms with Gasteiger partial charge in [-0.15, -0.1) is 0 Å². The van der Waals surface area contributed by atoms with E-state index in [9.17, 15) is 0 Å². The monoisotopic (exact) mass is 398 g/mol. The summed E-state index contributed by atoms with van der Waals surface area (Å²) < 4.78 is 0. The quantitative estimate of drug-likeness (QED) is 0.331. The van der Waals surface area contributed by atoms with Crippen LogP contribution >= 0.6 is 0 Å². The van der Waals surface area contributed by atoms with E-state index in [1.165, 1.54) is 91.7 Å². The Morgan fingerprint density at radius 3 is 2.10 bits per heavy atom. The lowest BCUT2D eigenvalue weighted by Crippen LogP contribution is -2.13. The molecule has 1 aliphatic carbocycles. The molecule has 0 amide bonds. The molecule has 0 aromatic heterocycles. The molecule has 158 valence electrons. The van der Waals surface area contributed by atoms with E-state index in [2.05, 4.69) is 74.5 Å². The van der Waals surface area contributed by atoms with Gasteiger partial charge in [0.25, 0.3) is 0 Å². The Morgan fingerprint density at radius 2 is 1.37 bits per heavy atom. The van der Waals surface area contributed by atoms with E-state index in [1.807, 2.05) is 0 Å². The number of fused-ring (bicyclic) bond motifs is 1. The fraction of sp³-hybridized carbons (Fsp3) is 0.467. The van der Waals surface area contributed by atoms with Crippen molar-refractivity contribution in [2.75, 3.05) is 0 Å². The molecule has 1 aliphatic rings. The van der Waals surface area contributed by atoms with Crippen LogP contribution in [0.4, 0.5) is 0 Å². The SMILES string of the molecule is CCCCCC1CCC(c2ccc(-c3ccc4cc(CCC)ccc4c3)cc2)CC1. The van der Waals surface area contributed by atoms with Crippen LogP contribution in [0, 0.1) is 5.92 Å². The molecule has 0 aliphatic heterocycles. The van der Waals surface area contributed by atoms with Crippen LogP contribution in [-0.2, 0) is 6.42 Å². The molecule has 30 heavy (non-hydrogen) atoms. The van der Waals surface area contributed by atoms with E-state index in [0.29, 0.717) is 0 Å². The van der Waals surface area contributed by atoms with Gasteiger partial charge in [-0.1, -0.05) is 101 Å². The molecule has 0 heteroatoms. The third-order valence-electron chi connectivity index (χ3n) is 7.22. The number of unbranched alkanes of at least 4 members (excludes halogenated alkanes) is 2. The third-order valence-corrected chi connectivity index (χ3v) is 7.22. The van der Waals surface area contributed by atoms with Crippen molar-refractivity contribution in [1.29, 1.82) is 0 Å². The van der Waals surface area contributed by atoms with Gasteiger partial charge in [0.05, 0.1) is 0 Å². The van der Waals surface area contributed by atoms with Gasteiger partial charge in [-0.05, 0) is 83.0 Å². The first-order valence-corrected chi connectivity index (χ1v) is 12.4. The predicted molar refractivity (Wildman–Crippen MR) is 132 cm³/mol. The summed E-state index contributed by atoms with van der Waals surface area (Å²) in [5.41, 5.74) is 5.67. The average molecular weight is 399 g/mol. The zero-order valence-corrected chi connectivity index (χ0v) is 19.0. The second-order valence-electron chi connectivity index (χ2n) is 9.48. The molecular weight excluding hydrogens is 360 g/mol. The van der Waals surface area contributed by atoms with Crippen molar-refractivity contribution in [3.8, 4) is 11.1 Å². The molecular formula is C30H38. The summed E-state index contributed by atoms with van der Waals surface area (Å²) in [7, 11) is 0. The first kappa shape index (κ1) is 21.2. The Bertz CT molecular complexity index is 926. The fourth-order valence-electron chi connectivity index (χ4n) is 5.33. The largest absolute Gasteiger partial charge is 0.0654 e. The van der Waals surface area contributed by atoms with Gasteiger partial charge in [0, 0.05) is 0 Å². The van der Waals surface area contributed by atoms with Gasteiger partial charge >= 0.3 is 0 Å². The van der Waals surface area contributed by atoms with Crippen LogP contribution in [0.15, 0.2) is 60.7 Å². The summed E-state index contributed by atoms with van der Waals surface area (Å²) in [6.07, 6.45) is 13.7. The lowest BCUT2D eigenvalue weighted by Gasteiger charge is -2.29. The number of rotatable bonds is 8. The Morgan fingerprint density at radius 1 is 0.667 bits per heavy atom. The minimum atomic E-state index is 0.773. The van der Waals surface area contributed by atoms with Crippen molar-refractivity contribution in [1.82, 2.24) is 0 Å². The fourth-order valence-corrected chi connectivity index (χ4v) is 5.33. The van der Waals surface area contributed by atoms with E-state index in [4.69, 9.17) is 0 Å². The Labute approximate surface area is 183 Å². The van der Waals surface area contributed by atoms with Gasteiger partial charge in [-0.3, -0.25) is 0 Å². The maximum Gasteiger partial charge on any atom is -0.0162 e. The van der Waals surface area contributed by atoms with Crippen LogP contribution in [0.1, 0.15) is 88.7 Å². The first-order valence-electron chi connectivity index (χ1n) is 12.4. The molecule has 0 saturated heterocycles. The first-order chi connectivity index (χ1) is 14.8. The minimum absolute atomic E-state index is 0.773. The maximum absolute atomic E-state index is 2.39. The lowest BCUT2D eigenvalue weighted by atomic mass is 9.77. The normalized spacial score (nSPS) is 19.3. The van der Waals surface area contributed by atoms with Gasteiger partial charge < -0.3 is 0 Å². The molecule has 0 atom stereocenters. The van der Waals surface area contributed by atoms with Crippen molar-refractivity contribution in [3.63, 3.8) is 0 Å². The smallest absolute Gasteiger partial charge is 0.0162 e. The van der Waals surface area contributed by atoms with Gasteiger partial charge in [0.15, 0.2) is 0 Å². The predicted octanol–water partition coefficient (Wildman–Crippen LogP) is 9.31. The van der Waals surface area contributed by atoms with Crippen molar-refractivity contribution in [2.24, 2.45) is 5.92 Å². The van der Waals surface area contributed by atoms with E-state index in [1.54, 1.807) is 5.56 Å². The molecule has 0 N–H and O–H groups in total. The highest BCUT2D eigenvalue weighted by Gasteiger charge is 2.22. The molecule has 4 rings (SSSR count). The van der Waals surface area contributed by atoms with Crippen LogP contribution in [0.5, 0.6) is 0 Å². The summed E-state index contributed by atoms with van der Waals surface area (Å²) >= 11 is 0. The van der Waals surface area contributed by atoms with Crippen LogP contribution in [-0.4, -0.2) is 0 Å². The second-order valence-corrected chi connectivity index (χ2v) is 9.48. The molecule has 0 bridgehead atoms. The molecule has 0 heterocycles. The summed E-state index contributed by atoms with van der Waals surface area (Å²) in [6, 6.07) is 23.3. The Hall–Kier alpha value is -2.08. The Kier molecular flexibility index (Phi) is 7.26. The maximum atomic E-state index is 2.39. The van der Waals surface area contributed by atoms with Crippen molar-refractivity contribution in [3.05, 3.63) is 71.8 Å². The summed E-state index contributed by atoms with van der Waals surface area (Å²) in [6.45, 7) is 4.55. The zero-order valence-electron chi connectivity index (χ0n) is 19.0. The number of benzene rings is 3. The van der Waals surface area contributed by atoms with Crippen molar-refractivity contribution < 1.29 is 0 Å². The summed E-state index contributed by atoms with van der Waals surface area (Å²) in [4.78, 5) is 0. The van der Waals surface area contributed by atoms with Crippen LogP contribution < -0.4 is 0 Å². The number of hydrogen-bond acceptors (Lipinski definition) is 0. The molecule has 1 saturated carbocycles. The highest BCUT2D eigenvalue weighted by Crippen LogP contribution is 2.38. The summed E-state index contributed by atoms with van der Waals surface area (Å²) in [5.74, 6) is 1.76. The minimum Gasteiger partial charge on any atom is -0.0654 e. The molecule has 3 aromatic rings. The van der Waals surface area contributed by atoms with Gasteiger partial charge in [-0.25, -0.2) is 0 Å². The second kappa shape index (κ2) is 10.3. The lowest BCUT2D eigenvalue weighted by molar-refractivity contribution is 0.303. The van der Waals surface area contributed by atoms with Crippen molar-refractivity contribution in [2.45, 2.75) is 84.0 Å². The van der Waals surface area contributed by atoms with Gasteiger partial charge in [0.2, 0.25) is 0 Å². The molecule has 0 nitrogen and oxygen atoms in total. The molecule has 0 unspecified atom stereocenters. The van der Waals surface area contributed by atoms with Crippen LogP contribution in [0.2, 0.25) is 0 Å². The Balaban J connectivity index is 1.40. The van der Waals surface area contributed by atoms with E-state index < -0.39 is 0 Å². The van der Waals surface area contributed by atoms with E-state index in [0.717, 1.165) is 11.8 Å². The molecule has 3 aromatic carbocycles. The highest BCUT2D eigenvalue weighted by atomic mass is 14.3.